The number of hydrogen-bond donors (Lipinski definition) is 3. The van der Waals surface area contributed by atoms with E-state index in [0.717, 1.165) is 0 Å². The molecule has 11 nitrogen and oxygen atoms in total. The monoisotopic (exact) mass is 447 g/mol. The molecule has 0 fully saturated rings. The lowest BCUT2D eigenvalue weighted by atomic mass is 10.1. The number of ether oxygens (including phenoxy) is 1. The first kappa shape index (κ1) is 24.3. The summed E-state index contributed by atoms with van der Waals surface area (Å²) in [5.74, 6) is 0.524. The van der Waals surface area contributed by atoms with Crippen LogP contribution in [0.5, 0.6) is 11.5 Å². The Labute approximate surface area is 171 Å². The lowest BCUT2D eigenvalue weighted by Gasteiger charge is -2.22. The van der Waals surface area contributed by atoms with E-state index in [4.69, 9.17) is 30.7 Å². The molecule has 3 N–H and O–H groups in total. The highest BCUT2D eigenvalue weighted by Crippen LogP contribution is 2.36. The van der Waals surface area contributed by atoms with Crippen LogP contribution in [0.3, 0.4) is 0 Å². The first-order chi connectivity index (χ1) is 13.3. The van der Waals surface area contributed by atoms with Crippen LogP contribution in [0.15, 0.2) is 36.4 Å². The molecule has 2 aromatic carbocycles. The van der Waals surface area contributed by atoms with E-state index >= 15 is 0 Å². The zero-order chi connectivity index (χ0) is 22.4. The maximum absolute atomic E-state index is 11.2. The second kappa shape index (κ2) is 10.2. The molecule has 0 heterocycles. The Balaban J connectivity index is 0.000000960. The maximum atomic E-state index is 11.2. The summed E-state index contributed by atoms with van der Waals surface area (Å²) < 4.78 is 14.4. The van der Waals surface area contributed by atoms with Gasteiger partial charge in [0, 0.05) is 29.8 Å². The molecule has 0 radical (unpaired) electrons. The van der Waals surface area contributed by atoms with Gasteiger partial charge in [0.2, 0.25) is 0 Å². The Hall–Kier alpha value is -2.72. The Morgan fingerprint density at radius 3 is 2.10 bits per heavy atom. The first-order valence-electron chi connectivity index (χ1n) is 7.90. The van der Waals surface area contributed by atoms with Crippen molar-refractivity contribution in [2.75, 3.05) is 5.32 Å². The van der Waals surface area contributed by atoms with Gasteiger partial charge in [0.15, 0.2) is 0 Å². The largest absolute Gasteiger partial charge is 0.456 e. The van der Waals surface area contributed by atoms with Crippen molar-refractivity contribution in [2.24, 2.45) is 0 Å². The molecular weight excluding hydrogens is 429 g/mol. The van der Waals surface area contributed by atoms with Crippen molar-refractivity contribution in [3.63, 3.8) is 0 Å². The molecule has 0 saturated heterocycles. The molecule has 29 heavy (non-hydrogen) atoms. The molecule has 158 valence electrons. The first-order valence-corrected chi connectivity index (χ1v) is 9.58. The zero-order valence-electron chi connectivity index (χ0n) is 15.6. The maximum Gasteiger partial charge on any atom is 0.314 e. The summed E-state index contributed by atoms with van der Waals surface area (Å²) in [5, 5.41) is 25.0. The third-order valence-corrected chi connectivity index (χ3v) is 3.32. The fourth-order valence-electron chi connectivity index (χ4n) is 2.06. The Morgan fingerprint density at radius 1 is 1.07 bits per heavy atom. The van der Waals surface area contributed by atoms with Gasteiger partial charge in [0.25, 0.3) is 11.4 Å². The third kappa shape index (κ3) is 8.44. The SMILES string of the molecule is CC(C)(C)Nc1cc(Oc2ccc([N+](=O)[O-])cc2Cl)ccc1[N+](=O)[O-].O=[PH](O)O. The minimum Gasteiger partial charge on any atom is -0.456 e. The van der Waals surface area contributed by atoms with Gasteiger partial charge in [-0.05, 0) is 32.9 Å². The summed E-state index contributed by atoms with van der Waals surface area (Å²) in [6.45, 7) is 5.62. The van der Waals surface area contributed by atoms with E-state index in [-0.39, 0.29) is 22.1 Å². The van der Waals surface area contributed by atoms with Crippen LogP contribution in [0.2, 0.25) is 5.02 Å². The van der Waals surface area contributed by atoms with E-state index in [1.54, 1.807) is 0 Å². The number of nitrogens with one attached hydrogen (secondary N) is 1. The van der Waals surface area contributed by atoms with Gasteiger partial charge in [0.1, 0.15) is 17.2 Å². The van der Waals surface area contributed by atoms with Gasteiger partial charge in [-0.15, -0.1) is 0 Å². The van der Waals surface area contributed by atoms with Crippen molar-refractivity contribution in [2.45, 2.75) is 26.3 Å². The summed E-state index contributed by atoms with van der Waals surface area (Å²) in [6, 6.07) is 8.06. The van der Waals surface area contributed by atoms with Crippen molar-refractivity contribution in [1.29, 1.82) is 0 Å². The molecule has 13 heteroatoms. The van der Waals surface area contributed by atoms with E-state index in [2.05, 4.69) is 5.32 Å². The molecule has 0 aliphatic carbocycles. The highest BCUT2D eigenvalue weighted by atomic mass is 35.5. The van der Waals surface area contributed by atoms with Crippen LogP contribution in [0.1, 0.15) is 20.8 Å². The fraction of sp³-hybridized carbons (Fsp3) is 0.250. The van der Waals surface area contributed by atoms with Crippen molar-refractivity contribution in [1.82, 2.24) is 0 Å². The van der Waals surface area contributed by atoms with Crippen molar-refractivity contribution < 1.29 is 28.9 Å². The van der Waals surface area contributed by atoms with Crippen molar-refractivity contribution >= 4 is 36.9 Å². The van der Waals surface area contributed by atoms with Gasteiger partial charge in [0.05, 0.1) is 14.9 Å². The Bertz CT molecular complexity index is 929. The Morgan fingerprint density at radius 2 is 1.66 bits per heavy atom. The molecule has 0 aromatic heterocycles. The van der Waals surface area contributed by atoms with Gasteiger partial charge in [-0.25, -0.2) is 0 Å². The van der Waals surface area contributed by atoms with Gasteiger partial charge >= 0.3 is 8.25 Å². The highest BCUT2D eigenvalue weighted by Gasteiger charge is 2.20. The van der Waals surface area contributed by atoms with Crippen LogP contribution < -0.4 is 10.1 Å². The molecule has 0 unspecified atom stereocenters. The predicted octanol–water partition coefficient (Wildman–Crippen LogP) is 4.52. The summed E-state index contributed by atoms with van der Waals surface area (Å²) in [6.07, 6.45) is 0. The lowest BCUT2D eigenvalue weighted by Crippen LogP contribution is -2.26. The molecule has 0 aliphatic heterocycles. The number of nitro groups is 2. The number of nitro benzene ring substituents is 2. The molecule has 0 atom stereocenters. The fourth-order valence-corrected chi connectivity index (χ4v) is 2.27. The zero-order valence-corrected chi connectivity index (χ0v) is 17.3. The average Bonchev–Trinajstić information content (AvgIpc) is 2.54. The predicted molar refractivity (Wildman–Crippen MR) is 108 cm³/mol. The van der Waals surface area contributed by atoms with E-state index in [1.807, 2.05) is 20.8 Å². The van der Waals surface area contributed by atoms with Crippen molar-refractivity contribution in [3.05, 3.63) is 61.6 Å². The minimum absolute atomic E-state index is 0.0675. The number of anilines is 1. The Kier molecular flexibility index (Phi) is 8.53. The van der Waals surface area contributed by atoms with Gasteiger partial charge < -0.3 is 19.8 Å². The summed E-state index contributed by atoms with van der Waals surface area (Å²) >= 11 is 6.00. The van der Waals surface area contributed by atoms with Crippen LogP contribution in [0.4, 0.5) is 17.1 Å². The summed E-state index contributed by atoms with van der Waals surface area (Å²) in [4.78, 5) is 35.2. The highest BCUT2D eigenvalue weighted by molar-refractivity contribution is 7.30. The normalized spacial score (nSPS) is 10.7. The van der Waals surface area contributed by atoms with Gasteiger partial charge in [-0.1, -0.05) is 11.6 Å². The number of nitrogens with zero attached hydrogens (tertiary/aromatic N) is 2. The summed E-state index contributed by atoms with van der Waals surface area (Å²) in [7, 11) is -3.13. The minimum atomic E-state index is -3.13. The molecule has 0 bridgehead atoms. The standard InChI is InChI=1S/C16H16ClN3O5.H3O3P/c1-16(2,3)18-13-9-11(5-6-14(13)20(23)24)25-15-7-4-10(19(21)22)8-12(15)17;1-4(2)3/h4-9,18H,1-3H3;4H,(H2,1,2,3). The van der Waals surface area contributed by atoms with Crippen LogP contribution in [0, 0.1) is 20.2 Å². The smallest absolute Gasteiger partial charge is 0.314 e. The number of rotatable bonds is 5. The third-order valence-electron chi connectivity index (χ3n) is 3.03. The number of hydrogen-bond acceptors (Lipinski definition) is 7. The topological polar surface area (TPSA) is 165 Å². The molecule has 0 spiro atoms. The van der Waals surface area contributed by atoms with E-state index in [9.17, 15) is 20.2 Å². The molecule has 0 aliphatic rings. The van der Waals surface area contributed by atoms with Crippen LogP contribution in [0.25, 0.3) is 0 Å². The van der Waals surface area contributed by atoms with Crippen LogP contribution >= 0.6 is 19.9 Å². The average molecular weight is 448 g/mol. The van der Waals surface area contributed by atoms with E-state index in [1.165, 1.54) is 36.4 Å². The molecular formula is C16H19ClN3O8P. The van der Waals surface area contributed by atoms with Crippen molar-refractivity contribution in [3.8, 4) is 11.5 Å². The molecule has 2 rings (SSSR count). The van der Waals surface area contributed by atoms with Gasteiger partial charge in [-0.3, -0.25) is 24.8 Å². The number of benzene rings is 2. The van der Waals surface area contributed by atoms with Crippen LogP contribution in [-0.4, -0.2) is 25.2 Å². The van der Waals surface area contributed by atoms with Crippen LogP contribution in [-0.2, 0) is 4.57 Å². The summed E-state index contributed by atoms with van der Waals surface area (Å²) in [5.41, 5.74) is -0.338. The number of halogens is 1. The van der Waals surface area contributed by atoms with Gasteiger partial charge in [-0.2, -0.15) is 0 Å². The molecule has 2 aromatic rings. The second-order valence-corrected chi connectivity index (χ2v) is 7.54. The quantitative estimate of drug-likeness (QED) is 0.339. The number of non-ortho nitro benzene ring substituents is 1. The van der Waals surface area contributed by atoms with E-state index in [0.29, 0.717) is 11.4 Å². The molecule has 0 amide bonds. The molecule has 0 saturated carbocycles. The lowest BCUT2D eigenvalue weighted by molar-refractivity contribution is -0.384. The van der Waals surface area contributed by atoms with E-state index < -0.39 is 23.6 Å². The second-order valence-electron chi connectivity index (χ2n) is 6.57.